The molecule has 0 spiro atoms. The minimum absolute atomic E-state index is 0.429. The molecule has 0 atom stereocenters. The normalized spacial score (nSPS) is 11.6. The summed E-state index contributed by atoms with van der Waals surface area (Å²) in [6.45, 7) is 4.74. The predicted molar refractivity (Wildman–Crippen MR) is 109 cm³/mol. The van der Waals surface area contributed by atoms with Crippen molar-refractivity contribution in [1.29, 1.82) is 0 Å². The Hall–Kier alpha value is -3.15. The van der Waals surface area contributed by atoms with E-state index in [1.807, 2.05) is 31.2 Å². The molecule has 0 radical (unpaired) electrons. The average Bonchev–Trinajstić information content (AvgIpc) is 3.18. The Bertz CT molecular complexity index is 899. The zero-order chi connectivity index (χ0) is 19.1. The van der Waals surface area contributed by atoms with Crippen LogP contribution in [0.4, 0.5) is 5.69 Å². The van der Waals surface area contributed by atoms with Crippen LogP contribution >= 0.6 is 0 Å². The Morgan fingerprint density at radius 2 is 1.89 bits per heavy atom. The number of nitrogens with one attached hydrogen (secondary N) is 1. The van der Waals surface area contributed by atoms with Gasteiger partial charge in [-0.15, -0.1) is 0 Å². The van der Waals surface area contributed by atoms with Gasteiger partial charge in [-0.3, -0.25) is 4.99 Å². The lowest BCUT2D eigenvalue weighted by atomic mass is 10.1. The Morgan fingerprint density at radius 3 is 2.59 bits per heavy atom. The highest BCUT2D eigenvalue weighted by atomic mass is 16.5. The molecule has 0 fully saturated rings. The highest BCUT2D eigenvalue weighted by Crippen LogP contribution is 2.18. The van der Waals surface area contributed by atoms with E-state index in [0.29, 0.717) is 18.4 Å². The minimum Gasteiger partial charge on any atom is -0.370 e. The van der Waals surface area contributed by atoms with Crippen LogP contribution in [0.3, 0.4) is 0 Å². The van der Waals surface area contributed by atoms with Crippen LogP contribution in [0, 0.1) is 0 Å². The van der Waals surface area contributed by atoms with E-state index in [4.69, 9.17) is 10.3 Å². The largest absolute Gasteiger partial charge is 0.370 e. The number of anilines is 1. The van der Waals surface area contributed by atoms with Crippen LogP contribution in [-0.2, 0) is 19.3 Å². The molecule has 2 aromatic carbocycles. The third-order valence-electron chi connectivity index (χ3n) is 4.28. The van der Waals surface area contributed by atoms with Gasteiger partial charge >= 0.3 is 0 Å². The molecule has 1 aromatic heterocycles. The van der Waals surface area contributed by atoms with E-state index < -0.39 is 0 Å². The number of rotatable bonds is 7. The van der Waals surface area contributed by atoms with Crippen molar-refractivity contribution in [3.63, 3.8) is 0 Å². The fourth-order valence-electron chi connectivity index (χ4n) is 2.69. The second kappa shape index (κ2) is 8.98. The van der Waals surface area contributed by atoms with Crippen LogP contribution in [0.25, 0.3) is 11.5 Å². The number of nitrogens with two attached hydrogens (primary N) is 1. The molecule has 0 unspecified atom stereocenters. The van der Waals surface area contributed by atoms with Crippen LogP contribution in [0.1, 0.15) is 30.8 Å². The molecular formula is C21H25N5O. The summed E-state index contributed by atoms with van der Waals surface area (Å²) in [5, 5.41) is 7.06. The van der Waals surface area contributed by atoms with E-state index >= 15 is 0 Å². The Morgan fingerprint density at radius 1 is 1.07 bits per heavy atom. The van der Waals surface area contributed by atoms with Crippen LogP contribution in [-0.4, -0.2) is 22.6 Å². The summed E-state index contributed by atoms with van der Waals surface area (Å²) in [4.78, 5) is 8.75. The standard InChI is InChI=1S/C21H25N5O/c1-3-15-6-5-7-18(14-15)24-21(22)23-13-12-16-8-10-17(11-9-16)20-25-19(4-2)26-27-20/h5-11,14H,3-4,12-13H2,1-2H3,(H3,22,23,24). The third-order valence-corrected chi connectivity index (χ3v) is 4.28. The van der Waals surface area contributed by atoms with Crippen molar-refractivity contribution in [3.8, 4) is 11.5 Å². The summed E-state index contributed by atoms with van der Waals surface area (Å²) in [5.41, 5.74) is 10.3. The van der Waals surface area contributed by atoms with Crippen molar-refractivity contribution < 1.29 is 4.52 Å². The van der Waals surface area contributed by atoms with E-state index in [2.05, 4.69) is 51.6 Å². The summed E-state index contributed by atoms with van der Waals surface area (Å²) < 4.78 is 5.26. The molecule has 3 N–H and O–H groups in total. The number of aromatic nitrogens is 2. The summed E-state index contributed by atoms with van der Waals surface area (Å²) >= 11 is 0. The molecule has 3 rings (SSSR count). The topological polar surface area (TPSA) is 89.3 Å². The van der Waals surface area contributed by atoms with Gasteiger partial charge in [-0.25, -0.2) is 0 Å². The second-order valence-corrected chi connectivity index (χ2v) is 6.26. The first-order valence-corrected chi connectivity index (χ1v) is 9.25. The number of nitrogens with zero attached hydrogens (tertiary/aromatic N) is 3. The van der Waals surface area contributed by atoms with E-state index in [1.54, 1.807) is 0 Å². The second-order valence-electron chi connectivity index (χ2n) is 6.26. The molecule has 3 aromatic rings. The monoisotopic (exact) mass is 363 g/mol. The van der Waals surface area contributed by atoms with Gasteiger partial charge in [0.2, 0.25) is 0 Å². The zero-order valence-corrected chi connectivity index (χ0v) is 15.8. The molecule has 140 valence electrons. The molecule has 0 bridgehead atoms. The van der Waals surface area contributed by atoms with Gasteiger partial charge in [0.25, 0.3) is 5.89 Å². The smallest absolute Gasteiger partial charge is 0.257 e. The van der Waals surface area contributed by atoms with Crippen molar-refractivity contribution in [1.82, 2.24) is 10.1 Å². The van der Waals surface area contributed by atoms with Gasteiger partial charge in [0.15, 0.2) is 11.8 Å². The van der Waals surface area contributed by atoms with E-state index in [9.17, 15) is 0 Å². The first-order chi connectivity index (χ1) is 13.2. The summed E-state index contributed by atoms with van der Waals surface area (Å²) in [5.74, 6) is 1.70. The van der Waals surface area contributed by atoms with Crippen molar-refractivity contribution in [2.45, 2.75) is 33.1 Å². The number of aliphatic imine (C=N–C) groups is 1. The van der Waals surface area contributed by atoms with Gasteiger partial charge in [-0.2, -0.15) is 4.98 Å². The molecular weight excluding hydrogens is 338 g/mol. The Labute approximate surface area is 159 Å². The average molecular weight is 363 g/mol. The number of guanidine groups is 1. The fourth-order valence-corrected chi connectivity index (χ4v) is 2.69. The van der Waals surface area contributed by atoms with E-state index in [0.717, 1.165) is 36.3 Å². The molecule has 6 heteroatoms. The third kappa shape index (κ3) is 5.17. The van der Waals surface area contributed by atoms with Crippen LogP contribution in [0.5, 0.6) is 0 Å². The molecule has 0 aliphatic carbocycles. The first kappa shape index (κ1) is 18.6. The Kier molecular flexibility index (Phi) is 6.20. The molecule has 1 heterocycles. The lowest BCUT2D eigenvalue weighted by Gasteiger charge is -2.07. The molecule has 0 amide bonds. The summed E-state index contributed by atoms with van der Waals surface area (Å²) in [7, 11) is 0. The van der Waals surface area contributed by atoms with Crippen molar-refractivity contribution in [3.05, 3.63) is 65.5 Å². The maximum Gasteiger partial charge on any atom is 0.257 e. The molecule has 0 saturated heterocycles. The predicted octanol–water partition coefficient (Wildman–Crippen LogP) is 3.83. The molecule has 0 aliphatic heterocycles. The maximum atomic E-state index is 5.99. The van der Waals surface area contributed by atoms with Gasteiger partial charge in [-0.05, 0) is 48.2 Å². The van der Waals surface area contributed by atoms with Crippen molar-refractivity contribution in [2.24, 2.45) is 10.7 Å². The van der Waals surface area contributed by atoms with Gasteiger partial charge in [0.1, 0.15) is 0 Å². The summed E-state index contributed by atoms with van der Waals surface area (Å²) in [6, 6.07) is 16.3. The number of aryl methyl sites for hydroxylation is 2. The minimum atomic E-state index is 0.429. The SMILES string of the molecule is CCc1cccc(NC(N)=NCCc2ccc(-c3nc(CC)no3)cc2)c1. The van der Waals surface area contributed by atoms with Gasteiger partial charge in [0.05, 0.1) is 0 Å². The number of benzene rings is 2. The first-order valence-electron chi connectivity index (χ1n) is 9.25. The molecule has 6 nitrogen and oxygen atoms in total. The van der Waals surface area contributed by atoms with Crippen molar-refractivity contribution in [2.75, 3.05) is 11.9 Å². The van der Waals surface area contributed by atoms with Gasteiger partial charge < -0.3 is 15.6 Å². The lowest BCUT2D eigenvalue weighted by Crippen LogP contribution is -2.23. The van der Waals surface area contributed by atoms with E-state index in [-0.39, 0.29) is 0 Å². The van der Waals surface area contributed by atoms with Crippen molar-refractivity contribution >= 4 is 11.6 Å². The summed E-state index contributed by atoms with van der Waals surface area (Å²) in [6.07, 6.45) is 2.56. The number of hydrogen-bond acceptors (Lipinski definition) is 4. The van der Waals surface area contributed by atoms with Crippen LogP contribution < -0.4 is 11.1 Å². The van der Waals surface area contributed by atoms with Crippen LogP contribution in [0.15, 0.2) is 58.0 Å². The van der Waals surface area contributed by atoms with E-state index in [1.165, 1.54) is 11.1 Å². The highest BCUT2D eigenvalue weighted by molar-refractivity contribution is 5.92. The molecule has 0 saturated carbocycles. The fraction of sp³-hybridized carbons (Fsp3) is 0.286. The van der Waals surface area contributed by atoms with Crippen LogP contribution in [0.2, 0.25) is 0 Å². The molecule has 27 heavy (non-hydrogen) atoms. The quantitative estimate of drug-likeness (QED) is 0.492. The maximum absolute atomic E-state index is 5.99. The number of hydrogen-bond donors (Lipinski definition) is 2. The van der Waals surface area contributed by atoms with Gasteiger partial charge in [0, 0.05) is 24.2 Å². The Balaban J connectivity index is 1.54. The van der Waals surface area contributed by atoms with Gasteiger partial charge in [-0.1, -0.05) is 43.3 Å². The molecule has 0 aliphatic rings. The lowest BCUT2D eigenvalue weighted by molar-refractivity contribution is 0.423. The zero-order valence-electron chi connectivity index (χ0n) is 15.8. The highest BCUT2D eigenvalue weighted by Gasteiger charge is 2.07.